The molecule has 0 aliphatic rings. The number of nitrogens with zero attached hydrogens (tertiary/aromatic N) is 4. The van der Waals surface area contributed by atoms with E-state index >= 15 is 0 Å². The van der Waals surface area contributed by atoms with Gasteiger partial charge in [-0.05, 0) is 36.4 Å². The lowest BCUT2D eigenvalue weighted by Gasteiger charge is -2.07. The highest BCUT2D eigenvalue weighted by atomic mass is 19.1. The molecular formula is C19H13FN6O2. The molecule has 4 rings (SSSR count). The first-order chi connectivity index (χ1) is 13.5. The van der Waals surface area contributed by atoms with Gasteiger partial charge in [-0.1, -0.05) is 0 Å². The molecule has 3 N–H and O–H groups in total. The molecule has 0 radical (unpaired) electrons. The summed E-state index contributed by atoms with van der Waals surface area (Å²) in [7, 11) is 0. The standard InChI is InChI=1S/C19H13FN6O2/c20-13-5-12(6-14(8-13)24-19(21)28)18(27)11-1-2-15-16(7-11)25-17(9-23-15)26-4-3-22-10-26/h1-10H,(H3,21,24,28). The van der Waals surface area contributed by atoms with Crippen LogP contribution in [0, 0.1) is 5.82 Å². The van der Waals surface area contributed by atoms with Crippen molar-refractivity contribution in [3.05, 3.63) is 78.3 Å². The van der Waals surface area contributed by atoms with Crippen LogP contribution in [0.15, 0.2) is 61.3 Å². The second-order valence-corrected chi connectivity index (χ2v) is 5.95. The molecule has 2 heterocycles. The first kappa shape index (κ1) is 17.3. The number of ketones is 1. The van der Waals surface area contributed by atoms with Gasteiger partial charge in [-0.3, -0.25) is 14.3 Å². The first-order valence-corrected chi connectivity index (χ1v) is 8.16. The molecule has 0 saturated heterocycles. The molecule has 4 aromatic rings. The molecule has 0 spiro atoms. The number of amides is 2. The lowest BCUT2D eigenvalue weighted by Crippen LogP contribution is -2.19. The van der Waals surface area contributed by atoms with Gasteiger partial charge in [0.05, 0.1) is 17.2 Å². The minimum absolute atomic E-state index is 0.0711. The van der Waals surface area contributed by atoms with Crippen molar-refractivity contribution in [1.29, 1.82) is 0 Å². The Hall–Kier alpha value is -4.14. The molecule has 0 fully saturated rings. The highest BCUT2D eigenvalue weighted by Crippen LogP contribution is 2.20. The average molecular weight is 376 g/mol. The number of anilines is 1. The molecular weight excluding hydrogens is 363 g/mol. The summed E-state index contributed by atoms with van der Waals surface area (Å²) in [5.41, 5.74) is 6.63. The Morgan fingerprint density at radius 2 is 1.93 bits per heavy atom. The highest BCUT2D eigenvalue weighted by molar-refractivity contribution is 6.11. The third kappa shape index (κ3) is 3.40. The van der Waals surface area contributed by atoms with Crippen LogP contribution >= 0.6 is 0 Å². The van der Waals surface area contributed by atoms with Crippen LogP contribution < -0.4 is 11.1 Å². The van der Waals surface area contributed by atoms with Gasteiger partial charge in [-0.2, -0.15) is 0 Å². The molecule has 138 valence electrons. The highest BCUT2D eigenvalue weighted by Gasteiger charge is 2.14. The summed E-state index contributed by atoms with van der Waals surface area (Å²) in [5, 5.41) is 2.26. The van der Waals surface area contributed by atoms with Crippen molar-refractivity contribution >= 4 is 28.5 Å². The van der Waals surface area contributed by atoms with Gasteiger partial charge in [0.15, 0.2) is 11.6 Å². The van der Waals surface area contributed by atoms with Crippen LogP contribution in [0.4, 0.5) is 14.9 Å². The van der Waals surface area contributed by atoms with E-state index in [-0.39, 0.29) is 11.3 Å². The topological polar surface area (TPSA) is 116 Å². The number of benzene rings is 2. The van der Waals surface area contributed by atoms with Crippen molar-refractivity contribution in [3.63, 3.8) is 0 Å². The smallest absolute Gasteiger partial charge is 0.316 e. The zero-order valence-corrected chi connectivity index (χ0v) is 14.3. The molecule has 9 heteroatoms. The summed E-state index contributed by atoms with van der Waals surface area (Å²) >= 11 is 0. The molecule has 0 atom stereocenters. The van der Waals surface area contributed by atoms with E-state index in [1.807, 2.05) is 0 Å². The van der Waals surface area contributed by atoms with Crippen molar-refractivity contribution in [2.45, 2.75) is 0 Å². The first-order valence-electron chi connectivity index (χ1n) is 8.16. The van der Waals surface area contributed by atoms with Gasteiger partial charge in [-0.15, -0.1) is 0 Å². The summed E-state index contributed by atoms with van der Waals surface area (Å²) in [6, 6.07) is 7.50. The van der Waals surface area contributed by atoms with Gasteiger partial charge in [0.25, 0.3) is 0 Å². The summed E-state index contributed by atoms with van der Waals surface area (Å²) in [6.07, 6.45) is 6.53. The monoisotopic (exact) mass is 376 g/mol. The van der Waals surface area contributed by atoms with Crippen LogP contribution in [-0.4, -0.2) is 31.3 Å². The normalized spacial score (nSPS) is 10.8. The summed E-state index contributed by atoms with van der Waals surface area (Å²) in [6.45, 7) is 0. The van der Waals surface area contributed by atoms with E-state index in [1.54, 1.807) is 47.7 Å². The fraction of sp³-hybridized carbons (Fsp3) is 0. The fourth-order valence-electron chi connectivity index (χ4n) is 2.76. The number of imidazole rings is 1. The number of carbonyl (C=O) groups excluding carboxylic acids is 2. The van der Waals surface area contributed by atoms with E-state index < -0.39 is 17.6 Å². The van der Waals surface area contributed by atoms with Crippen molar-refractivity contribution in [2.24, 2.45) is 5.73 Å². The number of carbonyl (C=O) groups is 2. The number of rotatable bonds is 4. The van der Waals surface area contributed by atoms with Crippen molar-refractivity contribution in [2.75, 3.05) is 5.32 Å². The van der Waals surface area contributed by atoms with E-state index in [0.29, 0.717) is 22.4 Å². The summed E-state index contributed by atoms with van der Waals surface area (Å²) in [4.78, 5) is 36.6. The second kappa shape index (κ2) is 6.88. The Balaban J connectivity index is 1.73. The van der Waals surface area contributed by atoms with E-state index in [2.05, 4.69) is 20.3 Å². The number of nitrogens with two attached hydrogens (primary N) is 1. The predicted molar refractivity (Wildman–Crippen MR) is 99.7 cm³/mol. The SMILES string of the molecule is NC(=O)Nc1cc(F)cc(C(=O)c2ccc3ncc(-n4ccnc4)nc3c2)c1. The van der Waals surface area contributed by atoms with E-state index in [9.17, 15) is 14.0 Å². The largest absolute Gasteiger partial charge is 0.351 e. The Bertz CT molecular complexity index is 1210. The van der Waals surface area contributed by atoms with Gasteiger partial charge in [-0.25, -0.2) is 19.2 Å². The van der Waals surface area contributed by atoms with Crippen LogP contribution in [0.3, 0.4) is 0 Å². The molecule has 0 saturated carbocycles. The molecule has 0 bridgehead atoms. The van der Waals surface area contributed by atoms with Crippen molar-refractivity contribution in [1.82, 2.24) is 19.5 Å². The van der Waals surface area contributed by atoms with Gasteiger partial charge in [0.1, 0.15) is 12.1 Å². The number of primary amides is 1. The molecule has 2 aromatic heterocycles. The summed E-state index contributed by atoms with van der Waals surface area (Å²) in [5.74, 6) is -0.547. The maximum Gasteiger partial charge on any atom is 0.316 e. The lowest BCUT2D eigenvalue weighted by atomic mass is 10.0. The zero-order valence-electron chi connectivity index (χ0n) is 14.3. The van der Waals surface area contributed by atoms with Gasteiger partial charge in [0, 0.05) is 29.2 Å². The zero-order chi connectivity index (χ0) is 19.7. The van der Waals surface area contributed by atoms with Crippen LogP contribution in [0.2, 0.25) is 0 Å². The molecule has 0 unspecified atom stereocenters. The molecule has 2 aromatic carbocycles. The number of fused-ring (bicyclic) bond motifs is 1. The number of aromatic nitrogens is 4. The number of nitrogens with one attached hydrogen (secondary N) is 1. The number of halogens is 1. The van der Waals surface area contributed by atoms with E-state index in [1.165, 1.54) is 6.07 Å². The van der Waals surface area contributed by atoms with Crippen molar-refractivity contribution in [3.8, 4) is 5.82 Å². The Labute approximate surface area is 157 Å². The third-order valence-electron chi connectivity index (χ3n) is 3.99. The molecule has 2 amide bonds. The van der Waals surface area contributed by atoms with Gasteiger partial charge in [0.2, 0.25) is 0 Å². The minimum Gasteiger partial charge on any atom is -0.351 e. The average Bonchev–Trinajstić information content (AvgIpc) is 3.20. The Morgan fingerprint density at radius 3 is 2.68 bits per heavy atom. The molecule has 0 aliphatic heterocycles. The van der Waals surface area contributed by atoms with Crippen molar-refractivity contribution < 1.29 is 14.0 Å². The van der Waals surface area contributed by atoms with E-state index in [4.69, 9.17) is 5.73 Å². The second-order valence-electron chi connectivity index (χ2n) is 5.95. The number of urea groups is 1. The minimum atomic E-state index is -0.850. The van der Waals surface area contributed by atoms with E-state index in [0.717, 1.165) is 12.1 Å². The van der Waals surface area contributed by atoms with Crippen LogP contribution in [0.1, 0.15) is 15.9 Å². The maximum atomic E-state index is 13.8. The predicted octanol–water partition coefficient (Wildman–Crippen LogP) is 2.68. The molecule has 0 aliphatic carbocycles. The molecule has 28 heavy (non-hydrogen) atoms. The number of hydrogen-bond acceptors (Lipinski definition) is 5. The fourth-order valence-corrected chi connectivity index (χ4v) is 2.76. The lowest BCUT2D eigenvalue weighted by molar-refractivity contribution is 0.103. The third-order valence-corrected chi connectivity index (χ3v) is 3.99. The number of hydrogen-bond donors (Lipinski definition) is 2. The molecule has 8 nitrogen and oxygen atoms in total. The Kier molecular flexibility index (Phi) is 4.24. The Morgan fingerprint density at radius 1 is 1.07 bits per heavy atom. The quantitative estimate of drug-likeness (QED) is 0.531. The van der Waals surface area contributed by atoms with Gasteiger partial charge < -0.3 is 11.1 Å². The van der Waals surface area contributed by atoms with Crippen LogP contribution in [-0.2, 0) is 0 Å². The van der Waals surface area contributed by atoms with Crippen LogP contribution in [0.25, 0.3) is 16.9 Å². The van der Waals surface area contributed by atoms with Gasteiger partial charge >= 0.3 is 6.03 Å². The van der Waals surface area contributed by atoms with Crippen LogP contribution in [0.5, 0.6) is 0 Å². The summed E-state index contributed by atoms with van der Waals surface area (Å²) < 4.78 is 15.5. The maximum absolute atomic E-state index is 13.8.